The first-order valence-corrected chi connectivity index (χ1v) is 10.9. The van der Waals surface area contributed by atoms with E-state index in [1.807, 2.05) is 61.6 Å². The second-order valence-electron chi connectivity index (χ2n) is 5.46. The van der Waals surface area contributed by atoms with E-state index >= 15 is 0 Å². The molecule has 0 spiro atoms. The molecule has 24 heavy (non-hydrogen) atoms. The fourth-order valence-corrected chi connectivity index (χ4v) is 6.92. The van der Waals surface area contributed by atoms with Crippen LogP contribution in [0.5, 0.6) is 0 Å². The van der Waals surface area contributed by atoms with Gasteiger partial charge in [-0.15, -0.1) is 0 Å². The number of rotatable bonds is 4. The van der Waals surface area contributed by atoms with Gasteiger partial charge in [0.25, 0.3) is 0 Å². The quantitative estimate of drug-likeness (QED) is 0.492. The Bertz CT molecular complexity index is 820. The fraction of sp³-hybridized carbons (Fsp3) is 0.0500. The summed E-state index contributed by atoms with van der Waals surface area (Å²) in [7, 11) is 2.00. The molecule has 3 aromatic rings. The smallest absolute Gasteiger partial charge is 0.124 e. The monoisotopic (exact) mass is 367 g/mol. The molecule has 0 amide bonds. The van der Waals surface area contributed by atoms with Crippen LogP contribution >= 0.6 is 18.3 Å². The molecule has 4 heteroatoms. The second kappa shape index (κ2) is 7.40. The van der Waals surface area contributed by atoms with Crippen LogP contribution in [-0.4, -0.2) is 11.8 Å². The molecule has 0 unspecified atom stereocenters. The number of benzene rings is 3. The van der Waals surface area contributed by atoms with Crippen molar-refractivity contribution in [3.8, 4) is 0 Å². The zero-order valence-electron chi connectivity index (χ0n) is 13.4. The number of hydrogen-bond donors (Lipinski definition) is 0. The van der Waals surface area contributed by atoms with E-state index in [4.69, 9.17) is 24.0 Å². The van der Waals surface area contributed by atoms with E-state index in [0.29, 0.717) is 0 Å². The summed E-state index contributed by atoms with van der Waals surface area (Å²) in [5.41, 5.74) is 1.06. The van der Waals surface area contributed by atoms with E-state index in [0.717, 1.165) is 21.0 Å². The zero-order chi connectivity index (χ0) is 17.0. The highest BCUT2D eigenvalue weighted by Gasteiger charge is 2.30. The average Bonchev–Trinajstić information content (AvgIpc) is 2.68. The SMILES string of the molecule is CN(C(=S)P(=S)(c1ccccc1)c1ccccc1)c1ccccc1. The minimum absolute atomic E-state index is 0.807. The summed E-state index contributed by atoms with van der Waals surface area (Å²) in [6.45, 7) is 0. The lowest BCUT2D eigenvalue weighted by Gasteiger charge is -2.31. The van der Waals surface area contributed by atoms with Gasteiger partial charge in [0.15, 0.2) is 0 Å². The van der Waals surface area contributed by atoms with Crippen molar-refractivity contribution in [2.24, 2.45) is 0 Å². The highest BCUT2D eigenvalue weighted by molar-refractivity contribution is 8.34. The lowest BCUT2D eigenvalue weighted by atomic mass is 10.3. The van der Waals surface area contributed by atoms with Crippen LogP contribution in [0.4, 0.5) is 5.69 Å². The van der Waals surface area contributed by atoms with Gasteiger partial charge in [0.05, 0.1) is 6.04 Å². The first-order valence-electron chi connectivity index (χ1n) is 7.68. The van der Waals surface area contributed by atoms with E-state index in [2.05, 4.69) is 41.3 Å². The van der Waals surface area contributed by atoms with Crippen molar-refractivity contribution in [3.05, 3.63) is 91.0 Å². The molecule has 3 aromatic carbocycles. The molecule has 0 radical (unpaired) electrons. The van der Waals surface area contributed by atoms with Gasteiger partial charge < -0.3 is 4.90 Å². The molecule has 0 N–H and O–H groups in total. The van der Waals surface area contributed by atoms with Gasteiger partial charge in [0, 0.05) is 12.7 Å². The van der Waals surface area contributed by atoms with Crippen molar-refractivity contribution < 1.29 is 0 Å². The van der Waals surface area contributed by atoms with E-state index in [1.165, 1.54) is 0 Å². The highest BCUT2D eigenvalue weighted by Crippen LogP contribution is 2.47. The molecule has 3 rings (SSSR count). The standard InChI is InChI=1S/C20H18NPS2/c1-21(17-11-5-2-6-12-17)20(23)22(24,18-13-7-3-8-14-18)19-15-9-4-10-16-19/h2-16H,1H3. The number of anilines is 1. The Morgan fingerprint density at radius 2 is 1.08 bits per heavy atom. The highest BCUT2D eigenvalue weighted by atomic mass is 32.4. The maximum Gasteiger partial charge on any atom is 0.124 e. The maximum atomic E-state index is 6.26. The molecular weight excluding hydrogens is 349 g/mol. The van der Waals surface area contributed by atoms with Crippen molar-refractivity contribution >= 4 is 51.1 Å². The molecule has 0 aromatic heterocycles. The molecule has 0 aliphatic carbocycles. The summed E-state index contributed by atoms with van der Waals surface area (Å²) in [5, 5.41) is 2.25. The lowest BCUT2D eigenvalue weighted by molar-refractivity contribution is 1.31. The van der Waals surface area contributed by atoms with Crippen LogP contribution in [0.1, 0.15) is 0 Å². The summed E-state index contributed by atoms with van der Waals surface area (Å²) in [4.78, 5) is 2.05. The van der Waals surface area contributed by atoms with Crippen LogP contribution in [0.15, 0.2) is 91.0 Å². The maximum absolute atomic E-state index is 6.26. The van der Waals surface area contributed by atoms with Crippen LogP contribution < -0.4 is 15.5 Å². The summed E-state index contributed by atoms with van der Waals surface area (Å²) in [6, 6.07) is 28.4. The third-order valence-electron chi connectivity index (χ3n) is 3.94. The first-order chi connectivity index (χ1) is 11.6. The molecule has 0 heterocycles. The van der Waals surface area contributed by atoms with Crippen LogP contribution in [0.2, 0.25) is 0 Å². The van der Waals surface area contributed by atoms with E-state index in [9.17, 15) is 0 Å². The Kier molecular flexibility index (Phi) is 5.25. The predicted octanol–water partition coefficient (Wildman–Crippen LogP) is 4.54. The average molecular weight is 367 g/mol. The van der Waals surface area contributed by atoms with Gasteiger partial charge in [0.2, 0.25) is 0 Å². The Hall–Kier alpha value is -1.80. The van der Waals surface area contributed by atoms with Gasteiger partial charge in [0.1, 0.15) is 4.73 Å². The second-order valence-corrected chi connectivity index (χ2v) is 10.5. The molecule has 0 fully saturated rings. The first kappa shape index (κ1) is 17.0. The molecular formula is C20H18NPS2. The van der Waals surface area contributed by atoms with Gasteiger partial charge in [-0.25, -0.2) is 0 Å². The van der Waals surface area contributed by atoms with Crippen LogP contribution in [0.3, 0.4) is 0 Å². The van der Waals surface area contributed by atoms with Crippen molar-refractivity contribution in [1.29, 1.82) is 0 Å². The zero-order valence-corrected chi connectivity index (χ0v) is 15.9. The van der Waals surface area contributed by atoms with Gasteiger partial charge in [-0.1, -0.05) is 103 Å². The molecule has 0 saturated heterocycles. The Morgan fingerprint density at radius 1 is 0.708 bits per heavy atom. The minimum atomic E-state index is -2.25. The topological polar surface area (TPSA) is 3.24 Å². The molecule has 0 aliphatic heterocycles. The number of nitrogens with zero attached hydrogens (tertiary/aromatic N) is 1. The number of hydrogen-bond acceptors (Lipinski definition) is 2. The van der Waals surface area contributed by atoms with Crippen molar-refractivity contribution in [2.75, 3.05) is 11.9 Å². The van der Waals surface area contributed by atoms with Gasteiger partial charge in [-0.05, 0) is 22.7 Å². The van der Waals surface area contributed by atoms with Crippen molar-refractivity contribution in [1.82, 2.24) is 0 Å². The third-order valence-corrected chi connectivity index (χ3v) is 10.1. The molecule has 120 valence electrons. The van der Waals surface area contributed by atoms with Crippen molar-refractivity contribution in [2.45, 2.75) is 0 Å². The van der Waals surface area contributed by atoms with Gasteiger partial charge >= 0.3 is 0 Å². The third kappa shape index (κ3) is 3.21. The van der Waals surface area contributed by atoms with E-state index in [-0.39, 0.29) is 0 Å². The van der Waals surface area contributed by atoms with Crippen LogP contribution in [-0.2, 0) is 11.8 Å². The summed E-state index contributed by atoms with van der Waals surface area (Å²) < 4.78 is 0.807. The van der Waals surface area contributed by atoms with E-state index in [1.54, 1.807) is 0 Å². The predicted molar refractivity (Wildman–Crippen MR) is 114 cm³/mol. The molecule has 1 nitrogen and oxygen atoms in total. The lowest BCUT2D eigenvalue weighted by Crippen LogP contribution is -2.32. The summed E-state index contributed by atoms with van der Waals surface area (Å²) >= 11 is 12.2. The molecule has 0 bridgehead atoms. The normalized spacial score (nSPS) is 11.0. The van der Waals surface area contributed by atoms with Gasteiger partial charge in [-0.2, -0.15) is 0 Å². The Balaban J connectivity index is 2.13. The summed E-state index contributed by atoms with van der Waals surface area (Å²) in [5.74, 6) is 0. The van der Waals surface area contributed by atoms with E-state index < -0.39 is 6.04 Å². The number of thiocarbonyl (C=S) groups is 1. The minimum Gasteiger partial charge on any atom is -0.334 e. The largest absolute Gasteiger partial charge is 0.334 e. The van der Waals surface area contributed by atoms with Gasteiger partial charge in [-0.3, -0.25) is 0 Å². The van der Waals surface area contributed by atoms with Crippen LogP contribution in [0, 0.1) is 0 Å². The Morgan fingerprint density at radius 3 is 1.50 bits per heavy atom. The Labute approximate surface area is 154 Å². The molecule has 0 aliphatic rings. The molecule has 0 saturated carbocycles. The number of para-hydroxylation sites is 1. The van der Waals surface area contributed by atoms with Crippen molar-refractivity contribution in [3.63, 3.8) is 0 Å². The fourth-order valence-electron chi connectivity index (χ4n) is 2.62. The van der Waals surface area contributed by atoms with Crippen LogP contribution in [0.25, 0.3) is 0 Å². The molecule has 0 atom stereocenters. The summed E-state index contributed by atoms with van der Waals surface area (Å²) in [6.07, 6.45) is 0.